The van der Waals surface area contributed by atoms with Crippen molar-refractivity contribution in [1.82, 2.24) is 19.6 Å². The molecule has 16 heteroatoms. The summed E-state index contributed by atoms with van der Waals surface area (Å²) in [4.78, 5) is 31.5. The van der Waals surface area contributed by atoms with E-state index in [1.54, 1.807) is 36.1 Å². The summed E-state index contributed by atoms with van der Waals surface area (Å²) in [5.41, 5.74) is -3.27. The number of nitrogens with zero attached hydrogens (tertiary/aromatic N) is 5. The van der Waals surface area contributed by atoms with Crippen molar-refractivity contribution in [2.75, 3.05) is 26.2 Å². The number of piperazine rings is 1. The molecular formula is C27H23F6N5O4S. The lowest BCUT2D eigenvalue weighted by atomic mass is 9.98. The molecule has 1 saturated heterocycles. The SMILES string of the molecule is C[C@]1(CO)CN(C2=NC(=O)C(=Cc3ccc4c(cnn4Cc4ccc(C(F)(F)F)cc4C(F)(F)F)c3)S2)CCN1C(=O)O. The van der Waals surface area contributed by atoms with Crippen molar-refractivity contribution in [2.24, 2.45) is 4.99 Å². The molecule has 2 N–H and O–H groups in total. The second-order valence-corrected chi connectivity index (χ2v) is 11.3. The van der Waals surface area contributed by atoms with E-state index in [9.17, 15) is 46.1 Å². The number of aliphatic hydroxyl groups is 1. The predicted octanol–water partition coefficient (Wildman–Crippen LogP) is 5.14. The van der Waals surface area contributed by atoms with Gasteiger partial charge in [-0.15, -0.1) is 0 Å². The van der Waals surface area contributed by atoms with E-state index in [1.165, 1.54) is 10.9 Å². The molecule has 5 rings (SSSR count). The van der Waals surface area contributed by atoms with Crippen molar-refractivity contribution in [3.63, 3.8) is 0 Å². The van der Waals surface area contributed by atoms with Gasteiger partial charge in [0.1, 0.15) is 0 Å². The van der Waals surface area contributed by atoms with Gasteiger partial charge in [0.2, 0.25) is 0 Å². The van der Waals surface area contributed by atoms with Crippen LogP contribution in [0.15, 0.2) is 52.5 Å². The molecule has 0 saturated carbocycles. The van der Waals surface area contributed by atoms with Crippen molar-refractivity contribution in [1.29, 1.82) is 0 Å². The summed E-state index contributed by atoms with van der Waals surface area (Å²) in [7, 11) is 0. The van der Waals surface area contributed by atoms with E-state index in [1.807, 2.05) is 0 Å². The first-order valence-corrected chi connectivity index (χ1v) is 13.5. The van der Waals surface area contributed by atoms with E-state index in [-0.39, 0.29) is 36.2 Å². The number of halogens is 6. The largest absolute Gasteiger partial charge is 0.465 e. The number of benzene rings is 2. The molecule has 1 fully saturated rings. The number of thioether (sulfide) groups is 1. The Morgan fingerprint density at radius 1 is 1.09 bits per heavy atom. The number of amides is 2. The number of fused-ring (bicyclic) bond motifs is 1. The van der Waals surface area contributed by atoms with Crippen LogP contribution in [0.2, 0.25) is 0 Å². The van der Waals surface area contributed by atoms with Crippen LogP contribution < -0.4 is 0 Å². The van der Waals surface area contributed by atoms with Crippen LogP contribution in [0.4, 0.5) is 31.1 Å². The number of alkyl halides is 6. The molecule has 43 heavy (non-hydrogen) atoms. The fourth-order valence-electron chi connectivity index (χ4n) is 5.01. The molecule has 0 spiro atoms. The monoisotopic (exact) mass is 627 g/mol. The number of carbonyl (C=O) groups excluding carboxylic acids is 1. The van der Waals surface area contributed by atoms with Gasteiger partial charge < -0.3 is 15.1 Å². The number of hydrogen-bond acceptors (Lipinski definition) is 6. The fourth-order valence-corrected chi connectivity index (χ4v) is 5.95. The highest BCUT2D eigenvalue weighted by atomic mass is 32.2. The molecule has 2 aliphatic rings. The van der Waals surface area contributed by atoms with Gasteiger partial charge in [0, 0.05) is 25.0 Å². The van der Waals surface area contributed by atoms with Gasteiger partial charge in [0.05, 0.1) is 46.4 Å². The van der Waals surface area contributed by atoms with Gasteiger partial charge in [-0.3, -0.25) is 14.4 Å². The maximum absolute atomic E-state index is 13.6. The first-order chi connectivity index (χ1) is 20.1. The predicted molar refractivity (Wildman–Crippen MR) is 145 cm³/mol. The summed E-state index contributed by atoms with van der Waals surface area (Å²) in [5, 5.41) is 24.3. The molecule has 0 bridgehead atoms. The average Bonchev–Trinajstić information content (AvgIpc) is 3.50. The maximum Gasteiger partial charge on any atom is 0.416 e. The van der Waals surface area contributed by atoms with Gasteiger partial charge >= 0.3 is 18.4 Å². The van der Waals surface area contributed by atoms with Crippen LogP contribution in [0.1, 0.15) is 29.2 Å². The molecule has 0 unspecified atom stereocenters. The molecule has 0 radical (unpaired) electrons. The average molecular weight is 628 g/mol. The first kappa shape index (κ1) is 30.4. The van der Waals surface area contributed by atoms with Crippen LogP contribution in [-0.2, 0) is 23.7 Å². The van der Waals surface area contributed by atoms with E-state index in [4.69, 9.17) is 0 Å². The quantitative estimate of drug-likeness (QED) is 0.305. The molecule has 2 aromatic carbocycles. The highest BCUT2D eigenvalue weighted by Gasteiger charge is 2.42. The summed E-state index contributed by atoms with van der Waals surface area (Å²) in [5.74, 6) is -0.510. The minimum Gasteiger partial charge on any atom is -0.465 e. The van der Waals surface area contributed by atoms with Crippen LogP contribution in [0, 0.1) is 0 Å². The van der Waals surface area contributed by atoms with Crippen LogP contribution in [0.25, 0.3) is 17.0 Å². The van der Waals surface area contributed by atoms with Gasteiger partial charge in [-0.25, -0.2) is 4.79 Å². The molecule has 1 aromatic heterocycles. The van der Waals surface area contributed by atoms with Crippen molar-refractivity contribution >= 4 is 45.9 Å². The molecule has 1 atom stereocenters. The Hall–Kier alpha value is -4.05. The summed E-state index contributed by atoms with van der Waals surface area (Å²) in [6.07, 6.45) is -8.12. The number of rotatable bonds is 4. The number of aromatic nitrogens is 2. The Morgan fingerprint density at radius 3 is 2.49 bits per heavy atom. The molecular weight excluding hydrogens is 604 g/mol. The van der Waals surface area contributed by atoms with Crippen LogP contribution in [0.3, 0.4) is 0 Å². The molecule has 3 aromatic rings. The minimum absolute atomic E-state index is 0.0915. The lowest BCUT2D eigenvalue weighted by molar-refractivity contribution is -0.143. The molecule has 0 aliphatic carbocycles. The Labute approximate surface area is 244 Å². The normalized spacial score (nSPS) is 20.8. The highest BCUT2D eigenvalue weighted by Crippen LogP contribution is 2.38. The van der Waals surface area contributed by atoms with E-state index < -0.39 is 54.2 Å². The van der Waals surface area contributed by atoms with Crippen LogP contribution >= 0.6 is 11.8 Å². The third-order valence-electron chi connectivity index (χ3n) is 7.25. The first-order valence-electron chi connectivity index (χ1n) is 12.7. The zero-order valence-electron chi connectivity index (χ0n) is 22.3. The second-order valence-electron chi connectivity index (χ2n) is 10.3. The Bertz CT molecular complexity index is 1670. The number of aliphatic hydroxyl groups excluding tert-OH is 1. The van der Waals surface area contributed by atoms with E-state index in [0.29, 0.717) is 27.7 Å². The number of carboxylic acid groups (broad SMARTS) is 1. The number of hydrogen-bond donors (Lipinski definition) is 2. The minimum atomic E-state index is -5.01. The molecule has 2 aliphatic heterocycles. The Kier molecular flexibility index (Phi) is 7.71. The van der Waals surface area contributed by atoms with E-state index in [0.717, 1.165) is 22.7 Å². The van der Waals surface area contributed by atoms with E-state index >= 15 is 0 Å². The van der Waals surface area contributed by atoms with Crippen molar-refractivity contribution < 1.29 is 46.1 Å². The van der Waals surface area contributed by atoms with Gasteiger partial charge in [-0.2, -0.15) is 36.4 Å². The van der Waals surface area contributed by atoms with Crippen molar-refractivity contribution in [3.8, 4) is 0 Å². The molecule has 228 valence electrons. The highest BCUT2D eigenvalue weighted by molar-refractivity contribution is 8.18. The Morgan fingerprint density at radius 2 is 1.84 bits per heavy atom. The summed E-state index contributed by atoms with van der Waals surface area (Å²) >= 11 is 1.09. The topological polar surface area (TPSA) is 111 Å². The Balaban J connectivity index is 1.35. The number of amidine groups is 1. The van der Waals surface area contributed by atoms with E-state index in [2.05, 4.69) is 10.1 Å². The molecule has 3 heterocycles. The zero-order valence-corrected chi connectivity index (χ0v) is 23.1. The lowest BCUT2D eigenvalue weighted by Crippen LogP contribution is -2.64. The molecule has 2 amide bonds. The smallest absolute Gasteiger partial charge is 0.416 e. The summed E-state index contributed by atoms with van der Waals surface area (Å²) in [6.45, 7) is 1.26. The van der Waals surface area contributed by atoms with Crippen LogP contribution in [-0.4, -0.2) is 78.7 Å². The lowest BCUT2D eigenvalue weighted by Gasteiger charge is -2.46. The van der Waals surface area contributed by atoms with Crippen molar-refractivity contribution in [2.45, 2.75) is 31.4 Å². The third kappa shape index (κ3) is 6.06. The third-order valence-corrected chi connectivity index (χ3v) is 8.30. The fraction of sp³-hybridized carbons (Fsp3) is 0.333. The van der Waals surface area contributed by atoms with Crippen molar-refractivity contribution in [3.05, 3.63) is 69.8 Å². The van der Waals surface area contributed by atoms with Gasteiger partial charge in [0.15, 0.2) is 5.17 Å². The number of carbonyl (C=O) groups is 2. The summed E-state index contributed by atoms with van der Waals surface area (Å²) < 4.78 is 81.2. The second kappa shape index (κ2) is 10.9. The van der Waals surface area contributed by atoms with Crippen LogP contribution in [0.5, 0.6) is 0 Å². The maximum atomic E-state index is 13.6. The van der Waals surface area contributed by atoms with Gasteiger partial charge in [-0.1, -0.05) is 12.1 Å². The standard InChI is InChI=1S/C27H23F6N5O4S/c1-25(14-39)13-36(6-7-37(25)24(41)42)23-35-22(40)21(43-23)9-15-2-5-20-17(8-15)11-34-38(20)12-16-3-4-18(26(28,29)30)10-19(16)27(31,32)33/h2-5,8-11,39H,6-7,12-14H2,1H3,(H,41,42)/t25-/m1/s1. The zero-order chi connectivity index (χ0) is 31.3. The van der Waals surface area contributed by atoms with Gasteiger partial charge in [-0.05, 0) is 60.2 Å². The number of aliphatic imine (C=N–C) groups is 1. The van der Waals surface area contributed by atoms with Gasteiger partial charge in [0.25, 0.3) is 5.91 Å². The molecule has 9 nitrogen and oxygen atoms in total. The summed E-state index contributed by atoms with van der Waals surface area (Å²) in [6, 6.07) is 6.34.